The number of aryl methyl sites for hydroxylation is 1. The van der Waals surface area contributed by atoms with Gasteiger partial charge in [-0.05, 0) is 36.2 Å². The number of hydrogen-bond acceptors (Lipinski definition) is 4. The summed E-state index contributed by atoms with van der Waals surface area (Å²) in [6.07, 6.45) is 0.994. The number of benzene rings is 2. The average molecular weight is 402 g/mol. The first-order valence-electron chi connectivity index (χ1n) is 9.02. The molecule has 1 aromatic heterocycles. The smallest absolute Gasteiger partial charge is 0.203 e. The third kappa shape index (κ3) is 4.13. The van der Waals surface area contributed by atoms with E-state index >= 15 is 0 Å². The van der Waals surface area contributed by atoms with Gasteiger partial charge in [-0.3, -0.25) is 5.41 Å². The van der Waals surface area contributed by atoms with E-state index in [9.17, 15) is 5.11 Å². The minimum absolute atomic E-state index is 0.261. The minimum Gasteiger partial charge on any atom is -0.387 e. The molecule has 28 heavy (non-hydrogen) atoms. The average Bonchev–Trinajstić information content (AvgIpc) is 2.94. The Morgan fingerprint density at radius 1 is 1.25 bits per heavy atom. The highest BCUT2D eigenvalue weighted by Crippen LogP contribution is 2.23. The summed E-state index contributed by atoms with van der Waals surface area (Å²) < 4.78 is 3.69. The number of hydrogen-bond donors (Lipinski definition) is 5. The van der Waals surface area contributed by atoms with E-state index in [4.69, 9.17) is 17.0 Å². The van der Waals surface area contributed by atoms with Crippen molar-refractivity contribution in [2.24, 2.45) is 0 Å². The van der Waals surface area contributed by atoms with Gasteiger partial charge in [-0.15, -0.1) is 0 Å². The van der Waals surface area contributed by atoms with Gasteiger partial charge in [0.1, 0.15) is 12.2 Å². The number of aromatic nitrogens is 2. The lowest BCUT2D eigenvalue weighted by Gasteiger charge is -2.14. The molecule has 1 atom stereocenters. The van der Waals surface area contributed by atoms with Crippen LogP contribution in [-0.4, -0.2) is 21.3 Å². The molecule has 0 saturated carbocycles. The number of nitrogens with zero attached hydrogens (tertiary/aromatic N) is 2. The molecule has 1 heterocycles. The first kappa shape index (κ1) is 20.2. The van der Waals surface area contributed by atoms with Crippen LogP contribution in [0.25, 0.3) is 11.0 Å². The number of imidazole rings is 1. The number of hydrazine groups is 1. The Labute approximate surface area is 168 Å². The summed E-state index contributed by atoms with van der Waals surface area (Å²) in [5, 5.41) is 20.1. The van der Waals surface area contributed by atoms with Gasteiger partial charge in [-0.2, -0.15) is 0 Å². The molecule has 7 nitrogen and oxygen atoms in total. The van der Waals surface area contributed by atoms with Crippen molar-refractivity contribution in [2.45, 2.75) is 26.1 Å². The van der Waals surface area contributed by atoms with Crippen molar-refractivity contribution in [2.75, 3.05) is 7.05 Å². The standard InChI is InChI=1S/C20H25ClN6O/c1-13-7-8-14(9-16(13)21)19(28)12-27-18-6-4-3-5-17(18)26(20(27)23)11-15(22)10-25-24-2/h3-10,19,23-25,28H,11-12,22H2,1-2H3/p+1/b15-10-,23-20?. The molecule has 3 rings (SSSR count). The van der Waals surface area contributed by atoms with Crippen molar-refractivity contribution in [3.8, 4) is 0 Å². The van der Waals surface area contributed by atoms with Crippen LogP contribution in [0, 0.1) is 12.3 Å². The van der Waals surface area contributed by atoms with E-state index in [1.807, 2.05) is 52.5 Å². The number of aliphatic hydroxyl groups excluding tert-OH is 1. The predicted molar refractivity (Wildman–Crippen MR) is 110 cm³/mol. The van der Waals surface area contributed by atoms with Crippen molar-refractivity contribution >= 4 is 22.6 Å². The number of halogens is 1. The fraction of sp³-hybridized carbons (Fsp3) is 0.250. The van der Waals surface area contributed by atoms with E-state index in [0.717, 1.165) is 27.9 Å². The van der Waals surface area contributed by atoms with Crippen LogP contribution >= 0.6 is 11.6 Å². The zero-order valence-electron chi connectivity index (χ0n) is 16.0. The molecule has 1 unspecified atom stereocenters. The van der Waals surface area contributed by atoms with E-state index in [0.29, 0.717) is 17.2 Å². The fourth-order valence-electron chi connectivity index (χ4n) is 3.16. The topological polar surface area (TPSA) is 106 Å². The van der Waals surface area contributed by atoms with Crippen LogP contribution < -0.4 is 22.2 Å². The molecular formula is C20H26ClN6O+. The van der Waals surface area contributed by atoms with Crippen molar-refractivity contribution < 1.29 is 10.8 Å². The molecule has 3 aromatic rings. The predicted octanol–water partition coefficient (Wildman–Crippen LogP) is 1.42. The van der Waals surface area contributed by atoms with Crippen LogP contribution in [0.2, 0.25) is 5.02 Å². The third-order valence-electron chi connectivity index (χ3n) is 4.69. The molecule has 0 aliphatic heterocycles. The van der Waals surface area contributed by atoms with Gasteiger partial charge in [-0.1, -0.05) is 35.9 Å². The molecule has 0 aliphatic carbocycles. The Morgan fingerprint density at radius 3 is 2.57 bits per heavy atom. The quantitative estimate of drug-likeness (QED) is 0.386. The van der Waals surface area contributed by atoms with E-state index < -0.39 is 6.10 Å². The minimum atomic E-state index is -0.771. The summed E-state index contributed by atoms with van der Waals surface area (Å²) in [7, 11) is 1.78. The summed E-state index contributed by atoms with van der Waals surface area (Å²) in [4.78, 5) is 0. The van der Waals surface area contributed by atoms with Gasteiger partial charge in [-0.25, -0.2) is 5.43 Å². The van der Waals surface area contributed by atoms with E-state index in [1.54, 1.807) is 19.3 Å². The van der Waals surface area contributed by atoms with E-state index in [1.165, 1.54) is 0 Å². The van der Waals surface area contributed by atoms with Crippen molar-refractivity contribution in [1.82, 2.24) is 20.0 Å². The molecule has 2 aromatic carbocycles. The fourth-order valence-corrected chi connectivity index (χ4v) is 3.35. The number of para-hydroxylation sites is 2. The molecule has 0 spiro atoms. The van der Waals surface area contributed by atoms with Gasteiger partial charge in [0.05, 0.1) is 29.9 Å². The second-order valence-corrected chi connectivity index (χ2v) is 7.14. The van der Waals surface area contributed by atoms with Gasteiger partial charge in [0.25, 0.3) is 0 Å². The number of rotatable bonds is 7. The Hall–Kier alpha value is -2.58. The third-order valence-corrected chi connectivity index (χ3v) is 5.10. The summed E-state index contributed by atoms with van der Waals surface area (Å²) in [6.45, 7) is 2.65. The summed E-state index contributed by atoms with van der Waals surface area (Å²) in [5.41, 5.74) is 14.4. The summed E-state index contributed by atoms with van der Waals surface area (Å²) in [6, 6.07) is 13.3. The number of fused-ring (bicyclic) bond motifs is 1. The first-order valence-corrected chi connectivity index (χ1v) is 9.40. The van der Waals surface area contributed by atoms with Crippen LogP contribution in [0.15, 0.2) is 54.4 Å². The molecule has 0 amide bonds. The van der Waals surface area contributed by atoms with Crippen LogP contribution in [-0.2, 0) is 13.1 Å². The highest BCUT2D eigenvalue weighted by molar-refractivity contribution is 6.31. The zero-order chi connectivity index (χ0) is 20.3. The Bertz CT molecular complexity index is 1070. The second-order valence-electron chi connectivity index (χ2n) is 6.73. The maximum atomic E-state index is 10.8. The van der Waals surface area contributed by atoms with E-state index in [-0.39, 0.29) is 6.54 Å². The van der Waals surface area contributed by atoms with Crippen molar-refractivity contribution in [1.29, 1.82) is 5.41 Å². The molecular weight excluding hydrogens is 376 g/mol. The number of allylic oxidation sites excluding steroid dienone is 1. The highest BCUT2D eigenvalue weighted by Gasteiger charge is 2.16. The molecule has 0 bridgehead atoms. The normalized spacial score (nSPS) is 13.1. The highest BCUT2D eigenvalue weighted by atomic mass is 35.5. The second kappa shape index (κ2) is 8.62. The molecule has 0 radical (unpaired) electrons. The first-order chi connectivity index (χ1) is 13.4. The van der Waals surface area contributed by atoms with Gasteiger partial charge >= 0.3 is 0 Å². The Kier molecular flexibility index (Phi) is 6.21. The van der Waals surface area contributed by atoms with Gasteiger partial charge < -0.3 is 25.4 Å². The lowest BCUT2D eigenvalue weighted by atomic mass is 10.1. The maximum Gasteiger partial charge on any atom is 0.203 e. The van der Waals surface area contributed by atoms with Crippen LogP contribution in [0.3, 0.4) is 0 Å². The van der Waals surface area contributed by atoms with Crippen molar-refractivity contribution in [3.05, 3.63) is 76.1 Å². The van der Waals surface area contributed by atoms with Gasteiger partial charge in [0.15, 0.2) is 0 Å². The summed E-state index contributed by atoms with van der Waals surface area (Å²) >= 11 is 6.21. The van der Waals surface area contributed by atoms with Crippen LogP contribution in [0.1, 0.15) is 17.2 Å². The zero-order valence-corrected chi connectivity index (χ0v) is 16.8. The molecule has 0 aliphatic rings. The van der Waals surface area contributed by atoms with Crippen LogP contribution in [0.5, 0.6) is 0 Å². The molecule has 0 fully saturated rings. The maximum absolute atomic E-state index is 10.8. The number of aliphatic hydroxyl groups is 1. The van der Waals surface area contributed by atoms with Gasteiger partial charge in [0, 0.05) is 12.1 Å². The van der Waals surface area contributed by atoms with Gasteiger partial charge in [0.2, 0.25) is 5.62 Å². The Balaban J connectivity index is 1.98. The summed E-state index contributed by atoms with van der Waals surface area (Å²) in [5.74, 6) is 0. The number of nitrogens with one attached hydrogen (secondary N) is 3. The molecule has 7 N–H and O–H groups in total. The SMILES string of the molecule is CNN/C=C(\[NH3+])Cn1c(=N)n(CC(O)c2ccc(C)c(Cl)c2)c2ccccc21. The largest absolute Gasteiger partial charge is 0.387 e. The number of quaternary nitrogens is 1. The van der Waals surface area contributed by atoms with Crippen molar-refractivity contribution in [3.63, 3.8) is 0 Å². The Morgan fingerprint density at radius 2 is 1.93 bits per heavy atom. The van der Waals surface area contributed by atoms with E-state index in [2.05, 4.69) is 16.6 Å². The monoisotopic (exact) mass is 401 g/mol. The van der Waals surface area contributed by atoms with Crippen LogP contribution in [0.4, 0.5) is 0 Å². The lowest BCUT2D eigenvalue weighted by Crippen LogP contribution is -2.51. The molecule has 0 saturated heterocycles. The molecule has 8 heteroatoms. The lowest BCUT2D eigenvalue weighted by molar-refractivity contribution is -0.308. The molecule has 148 valence electrons.